The smallest absolute Gasteiger partial charge is 0.0292 e. The van der Waals surface area contributed by atoms with Crippen LogP contribution in [0.4, 0.5) is 0 Å². The third-order valence-corrected chi connectivity index (χ3v) is 2.90. The minimum Gasteiger partial charge on any atom is -0.309 e. The van der Waals surface area contributed by atoms with Crippen LogP contribution in [0.15, 0.2) is 24.3 Å². The van der Waals surface area contributed by atoms with Crippen molar-refractivity contribution in [1.29, 1.82) is 0 Å². The predicted molar refractivity (Wildman–Crippen MR) is 74.9 cm³/mol. The van der Waals surface area contributed by atoms with Crippen molar-refractivity contribution in [2.24, 2.45) is 0 Å². The molecule has 0 aliphatic rings. The first-order valence-corrected chi connectivity index (χ1v) is 6.49. The van der Waals surface area contributed by atoms with Crippen LogP contribution < -0.4 is 5.32 Å². The molecule has 1 atom stereocenters. The summed E-state index contributed by atoms with van der Waals surface area (Å²) in [6.45, 7) is 7.26. The number of rotatable bonds is 6. The molecule has 1 rings (SSSR count). The zero-order valence-electron chi connectivity index (χ0n) is 11.2. The highest BCUT2D eigenvalue weighted by atomic mass is 14.9. The Kier molecular flexibility index (Phi) is 6.43. The van der Waals surface area contributed by atoms with E-state index in [1.54, 1.807) is 0 Å². The molecule has 1 N–H and O–H groups in total. The van der Waals surface area contributed by atoms with Crippen molar-refractivity contribution in [1.82, 2.24) is 5.32 Å². The van der Waals surface area contributed by atoms with Crippen LogP contribution in [0.2, 0.25) is 0 Å². The molecule has 1 unspecified atom stereocenters. The fraction of sp³-hybridized carbons (Fsp3) is 0.500. The van der Waals surface area contributed by atoms with Gasteiger partial charge < -0.3 is 5.32 Å². The van der Waals surface area contributed by atoms with E-state index in [0.29, 0.717) is 6.04 Å². The minimum atomic E-state index is 0.407. The lowest BCUT2D eigenvalue weighted by atomic mass is 10.0. The van der Waals surface area contributed by atoms with Crippen LogP contribution in [0.1, 0.15) is 50.8 Å². The van der Waals surface area contributed by atoms with Crippen molar-refractivity contribution < 1.29 is 0 Å². The van der Waals surface area contributed by atoms with Crippen LogP contribution in [-0.4, -0.2) is 6.54 Å². The molecule has 1 aromatic carbocycles. The molecule has 1 aromatic rings. The third kappa shape index (κ3) is 5.06. The van der Waals surface area contributed by atoms with Crippen LogP contribution in [0, 0.1) is 11.8 Å². The van der Waals surface area contributed by atoms with E-state index in [0.717, 1.165) is 13.0 Å². The highest BCUT2D eigenvalue weighted by molar-refractivity contribution is 5.24. The summed E-state index contributed by atoms with van der Waals surface area (Å²) in [5.74, 6) is 5.98. The molecular formula is C16H23N. The first-order valence-electron chi connectivity index (χ1n) is 6.49. The van der Waals surface area contributed by atoms with Crippen molar-refractivity contribution in [3.05, 3.63) is 35.4 Å². The lowest BCUT2D eigenvalue weighted by Crippen LogP contribution is -2.19. The summed E-state index contributed by atoms with van der Waals surface area (Å²) in [5, 5.41) is 3.48. The number of hydrogen-bond acceptors (Lipinski definition) is 1. The van der Waals surface area contributed by atoms with E-state index in [-0.39, 0.29) is 0 Å². The van der Waals surface area contributed by atoms with E-state index in [2.05, 4.69) is 55.3 Å². The Morgan fingerprint density at radius 3 is 2.53 bits per heavy atom. The van der Waals surface area contributed by atoms with E-state index >= 15 is 0 Å². The molecule has 0 heterocycles. The van der Waals surface area contributed by atoms with E-state index in [4.69, 9.17) is 0 Å². The van der Waals surface area contributed by atoms with Gasteiger partial charge >= 0.3 is 0 Å². The monoisotopic (exact) mass is 229 g/mol. The van der Waals surface area contributed by atoms with Crippen molar-refractivity contribution >= 4 is 0 Å². The zero-order valence-corrected chi connectivity index (χ0v) is 11.2. The SMILES string of the molecule is CC#CCCNC(C)c1ccc(CCC)cc1. The third-order valence-electron chi connectivity index (χ3n) is 2.90. The standard InChI is InChI=1S/C16H23N/c1-4-6-7-13-17-14(3)16-11-9-15(8-5-2)10-12-16/h9-12,14,17H,5,7-8,13H2,1-3H3. The Labute approximate surface area is 106 Å². The quantitative estimate of drug-likeness (QED) is 0.579. The maximum atomic E-state index is 3.48. The molecule has 0 radical (unpaired) electrons. The summed E-state index contributed by atoms with van der Waals surface area (Å²) in [6, 6.07) is 9.35. The Morgan fingerprint density at radius 1 is 1.24 bits per heavy atom. The summed E-state index contributed by atoms with van der Waals surface area (Å²) >= 11 is 0. The molecule has 0 spiro atoms. The van der Waals surface area contributed by atoms with Gasteiger partial charge in [-0.25, -0.2) is 0 Å². The molecule has 0 amide bonds. The van der Waals surface area contributed by atoms with Gasteiger partial charge in [0.2, 0.25) is 0 Å². The molecule has 0 aromatic heterocycles. The summed E-state index contributed by atoms with van der Waals surface area (Å²) in [4.78, 5) is 0. The Morgan fingerprint density at radius 2 is 1.94 bits per heavy atom. The highest BCUT2D eigenvalue weighted by Crippen LogP contribution is 2.14. The summed E-state index contributed by atoms with van der Waals surface area (Å²) in [5.41, 5.74) is 2.79. The van der Waals surface area contributed by atoms with Gasteiger partial charge in [-0.1, -0.05) is 37.6 Å². The predicted octanol–water partition coefficient (Wildman–Crippen LogP) is 3.70. The fourth-order valence-corrected chi connectivity index (χ4v) is 1.86. The number of nitrogens with one attached hydrogen (secondary N) is 1. The van der Waals surface area contributed by atoms with E-state index in [1.807, 2.05) is 6.92 Å². The molecule has 0 aliphatic carbocycles. The van der Waals surface area contributed by atoms with E-state index < -0.39 is 0 Å². The second kappa shape index (κ2) is 7.92. The maximum absolute atomic E-state index is 3.48. The average molecular weight is 229 g/mol. The van der Waals surface area contributed by atoms with Gasteiger partial charge in [-0.15, -0.1) is 11.8 Å². The van der Waals surface area contributed by atoms with Crippen LogP contribution in [0.25, 0.3) is 0 Å². The first-order chi connectivity index (χ1) is 8.27. The topological polar surface area (TPSA) is 12.0 Å². The van der Waals surface area contributed by atoms with Gasteiger partial charge in [0.05, 0.1) is 0 Å². The second-order valence-electron chi connectivity index (χ2n) is 4.34. The van der Waals surface area contributed by atoms with Gasteiger partial charge in [0.15, 0.2) is 0 Å². The first kappa shape index (κ1) is 13.8. The Bertz CT molecular complexity index is 367. The summed E-state index contributed by atoms with van der Waals surface area (Å²) < 4.78 is 0. The largest absolute Gasteiger partial charge is 0.309 e. The van der Waals surface area contributed by atoms with Crippen LogP contribution in [-0.2, 0) is 6.42 Å². The van der Waals surface area contributed by atoms with Gasteiger partial charge in [0.25, 0.3) is 0 Å². The van der Waals surface area contributed by atoms with Crippen molar-refractivity contribution in [3.8, 4) is 11.8 Å². The molecule has 0 bridgehead atoms. The summed E-state index contributed by atoms with van der Waals surface area (Å²) in [7, 11) is 0. The molecule has 0 aliphatic heterocycles. The normalized spacial score (nSPS) is 11.7. The van der Waals surface area contributed by atoms with Gasteiger partial charge in [-0.2, -0.15) is 0 Å². The average Bonchev–Trinajstić information content (AvgIpc) is 2.36. The van der Waals surface area contributed by atoms with Crippen LogP contribution in [0.3, 0.4) is 0 Å². The number of benzene rings is 1. The van der Waals surface area contributed by atoms with Crippen LogP contribution in [0.5, 0.6) is 0 Å². The molecular weight excluding hydrogens is 206 g/mol. The molecule has 0 fully saturated rings. The molecule has 92 valence electrons. The number of aryl methyl sites for hydroxylation is 1. The van der Waals surface area contributed by atoms with Crippen molar-refractivity contribution in [2.45, 2.75) is 46.1 Å². The summed E-state index contributed by atoms with van der Waals surface area (Å²) in [6.07, 6.45) is 3.31. The van der Waals surface area contributed by atoms with Gasteiger partial charge in [-0.3, -0.25) is 0 Å². The maximum Gasteiger partial charge on any atom is 0.0292 e. The lowest BCUT2D eigenvalue weighted by molar-refractivity contribution is 0.584. The molecule has 17 heavy (non-hydrogen) atoms. The van der Waals surface area contributed by atoms with Gasteiger partial charge in [0.1, 0.15) is 0 Å². The minimum absolute atomic E-state index is 0.407. The fourth-order valence-electron chi connectivity index (χ4n) is 1.86. The Hall–Kier alpha value is -1.26. The Balaban J connectivity index is 2.44. The van der Waals surface area contributed by atoms with Gasteiger partial charge in [-0.05, 0) is 31.4 Å². The van der Waals surface area contributed by atoms with Crippen molar-refractivity contribution in [2.75, 3.05) is 6.54 Å². The van der Waals surface area contributed by atoms with E-state index in [1.165, 1.54) is 24.0 Å². The highest BCUT2D eigenvalue weighted by Gasteiger charge is 2.03. The van der Waals surface area contributed by atoms with Crippen molar-refractivity contribution in [3.63, 3.8) is 0 Å². The molecule has 1 heteroatoms. The van der Waals surface area contributed by atoms with E-state index in [9.17, 15) is 0 Å². The second-order valence-corrected chi connectivity index (χ2v) is 4.34. The zero-order chi connectivity index (χ0) is 12.5. The van der Waals surface area contributed by atoms with Gasteiger partial charge in [0, 0.05) is 19.0 Å². The molecule has 1 nitrogen and oxygen atoms in total. The molecule has 0 saturated carbocycles. The molecule has 0 saturated heterocycles. The van der Waals surface area contributed by atoms with Crippen LogP contribution >= 0.6 is 0 Å². The lowest BCUT2D eigenvalue weighted by Gasteiger charge is -2.13. The number of hydrogen-bond donors (Lipinski definition) is 1.